The number of aromatic nitrogens is 1. The molecule has 1 unspecified atom stereocenters. The van der Waals surface area contributed by atoms with Crippen molar-refractivity contribution >= 4 is 41.3 Å². The summed E-state index contributed by atoms with van der Waals surface area (Å²) >= 11 is 1.79. The molecule has 1 fully saturated rings. The van der Waals surface area contributed by atoms with E-state index in [1.807, 2.05) is 12.3 Å². The van der Waals surface area contributed by atoms with Gasteiger partial charge in [0.25, 0.3) is 0 Å². The normalized spacial score (nSPS) is 15.8. The number of hydrogen-bond donors (Lipinski definition) is 2. The van der Waals surface area contributed by atoms with Gasteiger partial charge in [0.05, 0.1) is 25.8 Å². The molecule has 1 atom stereocenters. The molecular weight excluding hydrogens is 525 g/mol. The van der Waals surface area contributed by atoms with Gasteiger partial charge >= 0.3 is 0 Å². The molecule has 1 aliphatic heterocycles. The second-order valence-electron chi connectivity index (χ2n) is 7.27. The van der Waals surface area contributed by atoms with Crippen LogP contribution in [-0.4, -0.2) is 61.4 Å². The number of pyridine rings is 1. The van der Waals surface area contributed by atoms with Crippen LogP contribution in [0.2, 0.25) is 0 Å². The van der Waals surface area contributed by atoms with Crippen LogP contribution in [0.5, 0.6) is 0 Å². The van der Waals surface area contributed by atoms with Crippen LogP contribution in [0.1, 0.15) is 30.7 Å². The van der Waals surface area contributed by atoms with E-state index in [1.165, 1.54) is 4.88 Å². The fraction of sp³-hybridized carbons (Fsp3) is 0.545. The first-order valence-corrected chi connectivity index (χ1v) is 11.7. The highest BCUT2D eigenvalue weighted by Crippen LogP contribution is 2.26. The Balaban J connectivity index is 0.00000341. The number of aryl methyl sites for hydroxylation is 1. The molecule has 1 saturated heterocycles. The minimum atomic E-state index is 0. The van der Waals surface area contributed by atoms with E-state index >= 15 is 0 Å². The molecule has 0 aliphatic carbocycles. The number of unbranched alkanes of at least 4 members (excludes halogenated alkanes) is 1. The average Bonchev–Trinajstić information content (AvgIpc) is 3.30. The maximum atomic E-state index is 11.8. The number of nitrogens with zero attached hydrogens (tertiary/aromatic N) is 3. The highest BCUT2D eigenvalue weighted by molar-refractivity contribution is 14.0. The van der Waals surface area contributed by atoms with Crippen molar-refractivity contribution in [1.82, 2.24) is 20.1 Å². The number of guanidine groups is 1. The smallest absolute Gasteiger partial charge is 0.250 e. The number of halogens is 1. The van der Waals surface area contributed by atoms with Crippen molar-refractivity contribution in [3.8, 4) is 0 Å². The van der Waals surface area contributed by atoms with Gasteiger partial charge in [-0.25, -0.2) is 0 Å². The molecule has 172 valence electrons. The highest BCUT2D eigenvalue weighted by Gasteiger charge is 2.23. The van der Waals surface area contributed by atoms with Crippen molar-refractivity contribution in [2.45, 2.75) is 32.4 Å². The van der Waals surface area contributed by atoms with Crippen LogP contribution < -0.4 is 16.2 Å². The number of morpholine rings is 1. The van der Waals surface area contributed by atoms with Crippen LogP contribution in [0.4, 0.5) is 0 Å². The zero-order valence-corrected chi connectivity index (χ0v) is 21.3. The quantitative estimate of drug-likeness (QED) is 0.203. The lowest BCUT2D eigenvalue weighted by molar-refractivity contribution is 0.0186. The third-order valence-electron chi connectivity index (χ3n) is 5.14. The second-order valence-corrected chi connectivity index (χ2v) is 8.24. The third kappa shape index (κ3) is 8.55. The number of nitrogens with one attached hydrogen (secondary N) is 2. The first kappa shape index (κ1) is 25.8. The van der Waals surface area contributed by atoms with Gasteiger partial charge in [-0.15, -0.1) is 35.3 Å². The Morgan fingerprint density at radius 1 is 1.19 bits per heavy atom. The molecule has 2 aromatic heterocycles. The van der Waals surface area contributed by atoms with E-state index < -0.39 is 0 Å². The minimum Gasteiger partial charge on any atom is -0.379 e. The molecule has 0 spiro atoms. The average molecular weight is 560 g/mol. The Bertz CT molecular complexity index is 821. The summed E-state index contributed by atoms with van der Waals surface area (Å²) in [4.78, 5) is 20.5. The van der Waals surface area contributed by atoms with E-state index in [4.69, 9.17) is 9.73 Å². The summed E-state index contributed by atoms with van der Waals surface area (Å²) in [6.07, 6.45) is 3.77. The van der Waals surface area contributed by atoms with Crippen LogP contribution in [0.3, 0.4) is 0 Å². The van der Waals surface area contributed by atoms with Gasteiger partial charge in [-0.2, -0.15) is 0 Å². The van der Waals surface area contributed by atoms with Crippen LogP contribution >= 0.6 is 35.3 Å². The maximum absolute atomic E-state index is 11.8. The molecule has 0 aromatic carbocycles. The summed E-state index contributed by atoms with van der Waals surface area (Å²) in [5, 5.41) is 8.92. The molecule has 3 heterocycles. The zero-order chi connectivity index (χ0) is 21.0. The SMILES string of the molecule is CCNC(=NCC(c1cccs1)N1CCOCC1)NCCCCn1ccccc1=O.I. The van der Waals surface area contributed by atoms with E-state index in [0.717, 1.165) is 71.3 Å². The van der Waals surface area contributed by atoms with Crippen LogP contribution in [0.15, 0.2) is 51.7 Å². The number of thiophene rings is 1. The van der Waals surface area contributed by atoms with Crippen molar-refractivity contribution < 1.29 is 4.74 Å². The van der Waals surface area contributed by atoms with Crippen LogP contribution in [0, 0.1) is 0 Å². The zero-order valence-electron chi connectivity index (χ0n) is 18.2. The van der Waals surface area contributed by atoms with Gasteiger partial charge in [-0.05, 0) is 37.3 Å². The molecule has 0 saturated carbocycles. The summed E-state index contributed by atoms with van der Waals surface area (Å²) in [7, 11) is 0. The molecule has 2 aromatic rings. The Morgan fingerprint density at radius 2 is 2.03 bits per heavy atom. The van der Waals surface area contributed by atoms with Crippen LogP contribution in [-0.2, 0) is 11.3 Å². The molecule has 1 aliphatic rings. The molecule has 2 N–H and O–H groups in total. The molecule has 7 nitrogen and oxygen atoms in total. The Morgan fingerprint density at radius 3 is 2.74 bits per heavy atom. The van der Waals surface area contributed by atoms with Gasteiger partial charge in [-0.1, -0.05) is 12.1 Å². The lowest BCUT2D eigenvalue weighted by atomic mass is 10.2. The standard InChI is InChI=1S/C22H33N5O2S.HI/c1-2-23-22(24-10-4-6-12-27-11-5-3-9-21(27)28)25-18-19(20-8-7-17-30-20)26-13-15-29-16-14-26;/h3,5,7-9,11,17,19H,2,4,6,10,12-16,18H2,1H3,(H2,23,24,25);1H. The van der Waals surface area contributed by atoms with E-state index in [1.54, 1.807) is 28.0 Å². The summed E-state index contributed by atoms with van der Waals surface area (Å²) < 4.78 is 7.28. The van der Waals surface area contributed by atoms with Gasteiger partial charge in [0.2, 0.25) is 5.56 Å². The number of aliphatic imine (C=N–C) groups is 1. The molecule has 0 amide bonds. The van der Waals surface area contributed by atoms with E-state index in [9.17, 15) is 4.79 Å². The molecule has 31 heavy (non-hydrogen) atoms. The van der Waals surface area contributed by atoms with Gasteiger partial charge in [0.1, 0.15) is 0 Å². The first-order valence-electron chi connectivity index (χ1n) is 10.8. The number of hydrogen-bond acceptors (Lipinski definition) is 5. The fourth-order valence-electron chi connectivity index (χ4n) is 3.53. The summed E-state index contributed by atoms with van der Waals surface area (Å²) in [6, 6.07) is 9.88. The van der Waals surface area contributed by atoms with Gasteiger partial charge in [0, 0.05) is 49.9 Å². The summed E-state index contributed by atoms with van der Waals surface area (Å²) in [5.74, 6) is 0.851. The van der Waals surface area contributed by atoms with Gasteiger partial charge in [0.15, 0.2) is 5.96 Å². The monoisotopic (exact) mass is 559 g/mol. The van der Waals surface area contributed by atoms with Crippen molar-refractivity contribution in [1.29, 1.82) is 0 Å². The Hall–Kier alpha value is -1.43. The second kappa shape index (κ2) is 14.6. The van der Waals surface area contributed by atoms with Gasteiger partial charge < -0.3 is 19.9 Å². The molecule has 0 radical (unpaired) electrons. The highest BCUT2D eigenvalue weighted by atomic mass is 127. The number of rotatable bonds is 10. The lowest BCUT2D eigenvalue weighted by Gasteiger charge is -2.33. The minimum absolute atomic E-state index is 0. The van der Waals surface area contributed by atoms with Crippen molar-refractivity contribution in [3.05, 3.63) is 57.1 Å². The topological polar surface area (TPSA) is 70.9 Å². The fourth-order valence-corrected chi connectivity index (χ4v) is 4.39. The molecule has 0 bridgehead atoms. The van der Waals surface area contributed by atoms with Crippen molar-refractivity contribution in [3.63, 3.8) is 0 Å². The van der Waals surface area contributed by atoms with E-state index in [2.05, 4.69) is 40.0 Å². The largest absolute Gasteiger partial charge is 0.379 e. The third-order valence-corrected chi connectivity index (χ3v) is 6.12. The number of ether oxygens (including phenoxy) is 1. The maximum Gasteiger partial charge on any atom is 0.250 e. The molecule has 9 heteroatoms. The Labute approximate surface area is 205 Å². The van der Waals surface area contributed by atoms with E-state index in [0.29, 0.717) is 0 Å². The lowest BCUT2D eigenvalue weighted by Crippen LogP contribution is -2.41. The summed E-state index contributed by atoms with van der Waals surface area (Å²) in [6.45, 7) is 8.66. The predicted molar refractivity (Wildman–Crippen MR) is 139 cm³/mol. The molecule has 3 rings (SSSR count). The molecular formula is C22H34IN5O2S. The summed E-state index contributed by atoms with van der Waals surface area (Å²) in [5.41, 5.74) is 0.0584. The van der Waals surface area contributed by atoms with Gasteiger partial charge in [-0.3, -0.25) is 14.7 Å². The van der Waals surface area contributed by atoms with E-state index in [-0.39, 0.29) is 35.6 Å². The Kier molecular flexibility index (Phi) is 12.2. The first-order chi connectivity index (χ1) is 14.8. The van der Waals surface area contributed by atoms with Crippen LogP contribution in [0.25, 0.3) is 0 Å². The predicted octanol–water partition coefficient (Wildman–Crippen LogP) is 2.94. The van der Waals surface area contributed by atoms with Crippen molar-refractivity contribution in [2.24, 2.45) is 4.99 Å². The van der Waals surface area contributed by atoms with Crippen molar-refractivity contribution in [2.75, 3.05) is 45.9 Å².